The average Bonchev–Trinajstić information content (AvgIpc) is 3.12. The molecule has 1 aliphatic rings. The molecule has 33 heavy (non-hydrogen) atoms. The largest absolute Gasteiger partial charge is 0.370 e. The lowest BCUT2D eigenvalue weighted by Gasteiger charge is -2.35. The zero-order valence-corrected chi connectivity index (χ0v) is 22.3. The zero-order valence-electron chi connectivity index (χ0n) is 20.0. The molecule has 0 bridgehead atoms. The number of nitrogens with one attached hydrogen (secondary N) is 1. The van der Waals surface area contributed by atoms with Gasteiger partial charge >= 0.3 is 0 Å². The van der Waals surface area contributed by atoms with Gasteiger partial charge in [0.1, 0.15) is 6.10 Å². The molecule has 1 aliphatic heterocycles. The van der Waals surface area contributed by atoms with Crippen LogP contribution >= 0.6 is 24.0 Å². The normalized spacial score (nSPS) is 16.5. The molecular formula is C25H33IN6O. The van der Waals surface area contributed by atoms with Crippen molar-refractivity contribution < 1.29 is 4.74 Å². The van der Waals surface area contributed by atoms with Crippen LogP contribution in [0.25, 0.3) is 5.82 Å². The number of morpholine rings is 1. The van der Waals surface area contributed by atoms with Crippen LogP contribution in [-0.2, 0) is 11.3 Å². The molecule has 0 aliphatic carbocycles. The second-order valence-corrected chi connectivity index (χ2v) is 8.43. The van der Waals surface area contributed by atoms with Gasteiger partial charge in [-0.3, -0.25) is 4.99 Å². The van der Waals surface area contributed by atoms with Crippen molar-refractivity contribution in [2.75, 3.05) is 26.7 Å². The average molecular weight is 560 g/mol. The molecule has 0 saturated carbocycles. The van der Waals surface area contributed by atoms with Crippen molar-refractivity contribution >= 4 is 29.9 Å². The molecule has 4 rings (SSSR count). The van der Waals surface area contributed by atoms with E-state index in [0.29, 0.717) is 13.2 Å². The Labute approximate surface area is 213 Å². The number of benzene rings is 1. The summed E-state index contributed by atoms with van der Waals surface area (Å²) in [6.07, 6.45) is 1.94. The summed E-state index contributed by atoms with van der Waals surface area (Å²) >= 11 is 0. The van der Waals surface area contributed by atoms with Crippen LogP contribution in [0.4, 0.5) is 0 Å². The molecular weight excluding hydrogens is 527 g/mol. The molecule has 0 spiro atoms. The smallest absolute Gasteiger partial charge is 0.194 e. The van der Waals surface area contributed by atoms with Crippen molar-refractivity contribution in [1.82, 2.24) is 25.0 Å². The molecule has 3 aromatic rings. The first-order chi connectivity index (χ1) is 15.4. The molecule has 7 nitrogen and oxygen atoms in total. The van der Waals surface area contributed by atoms with Crippen LogP contribution in [0.15, 0.2) is 47.6 Å². The number of guanidine groups is 1. The molecule has 0 amide bonds. The fourth-order valence-electron chi connectivity index (χ4n) is 4.24. The third kappa shape index (κ3) is 5.92. The lowest BCUT2D eigenvalue weighted by atomic mass is 10.00. The summed E-state index contributed by atoms with van der Waals surface area (Å²) in [4.78, 5) is 11.4. The minimum absolute atomic E-state index is 0. The number of halogens is 1. The topological polar surface area (TPSA) is 67.6 Å². The van der Waals surface area contributed by atoms with Gasteiger partial charge in [0.15, 0.2) is 11.8 Å². The first-order valence-corrected chi connectivity index (χ1v) is 11.1. The van der Waals surface area contributed by atoms with E-state index < -0.39 is 0 Å². The van der Waals surface area contributed by atoms with Crippen molar-refractivity contribution in [3.63, 3.8) is 0 Å². The van der Waals surface area contributed by atoms with E-state index in [9.17, 15) is 0 Å². The van der Waals surface area contributed by atoms with E-state index in [-0.39, 0.29) is 30.1 Å². The maximum atomic E-state index is 6.10. The third-order valence-corrected chi connectivity index (χ3v) is 5.84. The lowest BCUT2D eigenvalue weighted by Crippen LogP contribution is -2.48. The Morgan fingerprint density at radius 3 is 2.61 bits per heavy atom. The minimum atomic E-state index is 0. The molecule has 8 heteroatoms. The number of aryl methyl sites for hydroxylation is 4. The first-order valence-electron chi connectivity index (χ1n) is 11.1. The van der Waals surface area contributed by atoms with Gasteiger partial charge < -0.3 is 15.0 Å². The molecule has 1 unspecified atom stereocenters. The number of nitrogens with zero attached hydrogens (tertiary/aromatic N) is 5. The van der Waals surface area contributed by atoms with Crippen LogP contribution in [0, 0.1) is 27.7 Å². The molecule has 1 fully saturated rings. The standard InChI is InChI=1S/C25H32N6O.HI/c1-17-6-8-22(18(2)12-17)23-16-30(10-11-32-23)25(26-5)28-15-21-7-9-24(27-14-21)31-20(4)13-19(3)29-31;/h6-9,12-14,23H,10-11,15-16H2,1-5H3,(H,26,28);1H. The second kappa shape index (κ2) is 11.1. The Bertz CT molecular complexity index is 1110. The maximum Gasteiger partial charge on any atom is 0.194 e. The predicted molar refractivity (Wildman–Crippen MR) is 143 cm³/mol. The summed E-state index contributed by atoms with van der Waals surface area (Å²) in [6, 6.07) is 12.7. The molecule has 1 aromatic carbocycles. The van der Waals surface area contributed by atoms with E-state index in [1.807, 2.05) is 37.8 Å². The molecule has 0 radical (unpaired) electrons. The minimum Gasteiger partial charge on any atom is -0.370 e. The van der Waals surface area contributed by atoms with Crippen LogP contribution in [-0.4, -0.2) is 52.4 Å². The highest BCUT2D eigenvalue weighted by Crippen LogP contribution is 2.26. The molecule has 3 heterocycles. The van der Waals surface area contributed by atoms with Crippen molar-refractivity contribution in [1.29, 1.82) is 0 Å². The van der Waals surface area contributed by atoms with Crippen LogP contribution < -0.4 is 5.32 Å². The Morgan fingerprint density at radius 1 is 1.15 bits per heavy atom. The monoisotopic (exact) mass is 560 g/mol. The molecule has 1 N–H and O–H groups in total. The van der Waals surface area contributed by atoms with Gasteiger partial charge in [-0.1, -0.05) is 29.8 Å². The highest BCUT2D eigenvalue weighted by atomic mass is 127. The molecule has 1 atom stereocenters. The van der Waals surface area contributed by atoms with Crippen LogP contribution in [0.3, 0.4) is 0 Å². The van der Waals surface area contributed by atoms with Crippen molar-refractivity contribution in [2.45, 2.75) is 40.3 Å². The van der Waals surface area contributed by atoms with Gasteiger partial charge in [-0.25, -0.2) is 9.67 Å². The summed E-state index contributed by atoms with van der Waals surface area (Å²) in [5.41, 5.74) is 6.95. The lowest BCUT2D eigenvalue weighted by molar-refractivity contribution is -0.00834. The maximum absolute atomic E-state index is 6.10. The highest BCUT2D eigenvalue weighted by Gasteiger charge is 2.25. The Morgan fingerprint density at radius 2 is 1.97 bits per heavy atom. The molecule has 1 saturated heterocycles. The number of rotatable bonds is 4. The fourth-order valence-corrected chi connectivity index (χ4v) is 4.24. The summed E-state index contributed by atoms with van der Waals surface area (Å²) in [5, 5.41) is 7.99. The van der Waals surface area contributed by atoms with Gasteiger partial charge in [-0.15, -0.1) is 24.0 Å². The van der Waals surface area contributed by atoms with Crippen LogP contribution in [0.1, 0.15) is 39.7 Å². The van der Waals surface area contributed by atoms with Crippen molar-refractivity contribution in [2.24, 2.45) is 4.99 Å². The molecule has 176 valence electrons. The second-order valence-electron chi connectivity index (χ2n) is 8.43. The van der Waals surface area contributed by atoms with Gasteiger partial charge in [-0.2, -0.15) is 5.10 Å². The van der Waals surface area contributed by atoms with E-state index in [4.69, 9.17) is 4.74 Å². The van der Waals surface area contributed by atoms with Crippen LogP contribution in [0.2, 0.25) is 0 Å². The van der Waals surface area contributed by atoms with E-state index in [0.717, 1.165) is 41.8 Å². The van der Waals surface area contributed by atoms with Gasteiger partial charge in [0.05, 0.1) is 18.8 Å². The molecule has 2 aromatic heterocycles. The van der Waals surface area contributed by atoms with Gasteiger partial charge in [0.2, 0.25) is 0 Å². The summed E-state index contributed by atoms with van der Waals surface area (Å²) in [7, 11) is 1.83. The Kier molecular flexibility index (Phi) is 8.47. The number of hydrogen-bond acceptors (Lipinski definition) is 4. The number of ether oxygens (including phenoxy) is 1. The highest BCUT2D eigenvalue weighted by molar-refractivity contribution is 14.0. The number of pyridine rings is 1. The summed E-state index contributed by atoms with van der Waals surface area (Å²) < 4.78 is 7.96. The van der Waals surface area contributed by atoms with Crippen molar-refractivity contribution in [3.8, 4) is 5.82 Å². The Balaban J connectivity index is 0.00000306. The number of aliphatic imine (C=N–C) groups is 1. The van der Waals surface area contributed by atoms with Gasteiger partial charge in [-0.05, 0) is 56.5 Å². The SMILES string of the molecule is CN=C(NCc1ccc(-n2nc(C)cc2C)nc1)N1CCOC(c2ccc(C)cc2C)C1.I. The number of hydrogen-bond donors (Lipinski definition) is 1. The summed E-state index contributed by atoms with van der Waals surface area (Å²) in [5.74, 6) is 1.71. The van der Waals surface area contributed by atoms with E-state index >= 15 is 0 Å². The van der Waals surface area contributed by atoms with E-state index in [1.54, 1.807) is 0 Å². The number of aromatic nitrogens is 3. The Hall–Kier alpha value is -2.46. The van der Waals surface area contributed by atoms with Gasteiger partial charge in [0.25, 0.3) is 0 Å². The third-order valence-electron chi connectivity index (χ3n) is 5.84. The van der Waals surface area contributed by atoms with Gasteiger partial charge in [0, 0.05) is 32.0 Å². The van der Waals surface area contributed by atoms with E-state index in [1.165, 1.54) is 16.7 Å². The van der Waals surface area contributed by atoms with Crippen LogP contribution in [0.5, 0.6) is 0 Å². The van der Waals surface area contributed by atoms with E-state index in [2.05, 4.69) is 69.5 Å². The van der Waals surface area contributed by atoms with Crippen molar-refractivity contribution in [3.05, 3.63) is 76.2 Å². The zero-order chi connectivity index (χ0) is 22.7. The predicted octanol–water partition coefficient (Wildman–Crippen LogP) is 4.27. The fraction of sp³-hybridized carbons (Fsp3) is 0.400. The first kappa shape index (κ1) is 25.2. The summed E-state index contributed by atoms with van der Waals surface area (Å²) in [6.45, 7) is 11.2. The quantitative estimate of drug-likeness (QED) is 0.294.